The zero-order valence-electron chi connectivity index (χ0n) is 10.6. The summed E-state index contributed by atoms with van der Waals surface area (Å²) in [5, 5.41) is 6.67. The van der Waals surface area contributed by atoms with Crippen molar-refractivity contribution in [3.63, 3.8) is 0 Å². The Hall–Kier alpha value is -0.570. The Bertz CT molecular complexity index is 286. The van der Waals surface area contributed by atoms with E-state index in [4.69, 9.17) is 0 Å². The highest BCUT2D eigenvalue weighted by Crippen LogP contribution is 2.44. The molecular formula is C14H24N2O. The van der Waals surface area contributed by atoms with Crippen LogP contribution in [0.3, 0.4) is 0 Å². The predicted molar refractivity (Wildman–Crippen MR) is 67.6 cm³/mol. The SMILES string of the molecule is O=C(CC1CCCNC1)NC1CC2CCC1C2. The van der Waals surface area contributed by atoms with E-state index in [1.165, 1.54) is 38.5 Å². The van der Waals surface area contributed by atoms with Gasteiger partial charge in [-0.3, -0.25) is 4.79 Å². The van der Waals surface area contributed by atoms with Crippen LogP contribution in [0.15, 0.2) is 0 Å². The molecule has 96 valence electrons. The number of fused-ring (bicyclic) bond motifs is 2. The van der Waals surface area contributed by atoms with Crippen molar-refractivity contribution in [2.75, 3.05) is 13.1 Å². The van der Waals surface area contributed by atoms with Crippen LogP contribution in [0.2, 0.25) is 0 Å². The van der Waals surface area contributed by atoms with Crippen LogP contribution in [-0.4, -0.2) is 25.0 Å². The van der Waals surface area contributed by atoms with E-state index in [0.717, 1.165) is 31.3 Å². The quantitative estimate of drug-likeness (QED) is 0.783. The molecule has 3 aliphatic rings. The minimum absolute atomic E-state index is 0.302. The summed E-state index contributed by atoms with van der Waals surface area (Å²) in [7, 11) is 0. The van der Waals surface area contributed by atoms with Crippen molar-refractivity contribution in [3.05, 3.63) is 0 Å². The molecule has 3 heteroatoms. The van der Waals surface area contributed by atoms with Crippen LogP contribution in [0.4, 0.5) is 0 Å². The van der Waals surface area contributed by atoms with E-state index in [-0.39, 0.29) is 0 Å². The topological polar surface area (TPSA) is 41.1 Å². The molecule has 0 aromatic heterocycles. The smallest absolute Gasteiger partial charge is 0.220 e. The Morgan fingerprint density at radius 3 is 2.82 bits per heavy atom. The van der Waals surface area contributed by atoms with E-state index >= 15 is 0 Å². The Morgan fingerprint density at radius 1 is 1.24 bits per heavy atom. The van der Waals surface area contributed by atoms with E-state index in [9.17, 15) is 4.79 Å². The van der Waals surface area contributed by atoms with E-state index in [1.807, 2.05) is 0 Å². The lowest BCUT2D eigenvalue weighted by atomic mass is 9.93. The van der Waals surface area contributed by atoms with Gasteiger partial charge in [0.15, 0.2) is 0 Å². The second-order valence-electron chi connectivity index (χ2n) is 6.27. The van der Waals surface area contributed by atoms with E-state index in [0.29, 0.717) is 17.9 Å². The molecule has 3 fully saturated rings. The Kier molecular flexibility index (Phi) is 3.37. The van der Waals surface area contributed by atoms with Gasteiger partial charge in [0.1, 0.15) is 0 Å². The molecule has 2 bridgehead atoms. The lowest BCUT2D eigenvalue weighted by Gasteiger charge is -2.26. The average molecular weight is 236 g/mol. The van der Waals surface area contributed by atoms with Crippen LogP contribution in [0.5, 0.6) is 0 Å². The van der Waals surface area contributed by atoms with Crippen molar-refractivity contribution >= 4 is 5.91 Å². The monoisotopic (exact) mass is 236 g/mol. The van der Waals surface area contributed by atoms with Gasteiger partial charge < -0.3 is 10.6 Å². The van der Waals surface area contributed by atoms with Crippen molar-refractivity contribution < 1.29 is 4.79 Å². The Morgan fingerprint density at radius 2 is 2.18 bits per heavy atom. The van der Waals surface area contributed by atoms with Gasteiger partial charge in [-0.2, -0.15) is 0 Å². The van der Waals surface area contributed by atoms with Crippen molar-refractivity contribution in [1.29, 1.82) is 0 Å². The van der Waals surface area contributed by atoms with Gasteiger partial charge in [0.05, 0.1) is 0 Å². The summed E-state index contributed by atoms with van der Waals surface area (Å²) in [6.45, 7) is 2.16. The fourth-order valence-electron chi connectivity index (χ4n) is 4.05. The van der Waals surface area contributed by atoms with E-state index in [1.54, 1.807) is 0 Å². The van der Waals surface area contributed by atoms with Gasteiger partial charge in [-0.05, 0) is 62.9 Å². The first kappa shape index (κ1) is 11.5. The summed E-state index contributed by atoms with van der Waals surface area (Å²) in [6, 6.07) is 0.512. The highest BCUT2D eigenvalue weighted by atomic mass is 16.1. The van der Waals surface area contributed by atoms with Gasteiger partial charge in [0, 0.05) is 12.5 Å². The second kappa shape index (κ2) is 4.97. The van der Waals surface area contributed by atoms with Crippen LogP contribution in [0.1, 0.15) is 44.9 Å². The molecule has 2 N–H and O–H groups in total. The average Bonchev–Trinajstić information content (AvgIpc) is 2.92. The first-order valence-corrected chi connectivity index (χ1v) is 7.31. The summed E-state index contributed by atoms with van der Waals surface area (Å²) in [5.41, 5.74) is 0. The van der Waals surface area contributed by atoms with Crippen molar-refractivity contribution in [2.45, 2.75) is 51.0 Å². The zero-order valence-corrected chi connectivity index (χ0v) is 10.6. The summed E-state index contributed by atoms with van der Waals surface area (Å²) in [6.07, 6.45) is 8.56. The molecule has 2 aliphatic carbocycles. The second-order valence-corrected chi connectivity index (χ2v) is 6.27. The normalized spacial score (nSPS) is 40.5. The molecule has 0 aromatic rings. The summed E-state index contributed by atoms with van der Waals surface area (Å²) >= 11 is 0. The number of hydrogen-bond acceptors (Lipinski definition) is 2. The Labute approximate surface area is 104 Å². The number of amides is 1. The first-order chi connectivity index (χ1) is 8.31. The van der Waals surface area contributed by atoms with Crippen LogP contribution in [-0.2, 0) is 4.79 Å². The minimum Gasteiger partial charge on any atom is -0.353 e. The first-order valence-electron chi connectivity index (χ1n) is 7.31. The highest BCUT2D eigenvalue weighted by molar-refractivity contribution is 5.76. The third-order valence-corrected chi connectivity index (χ3v) is 4.96. The minimum atomic E-state index is 0.302. The summed E-state index contributed by atoms with van der Waals surface area (Å²) in [5.74, 6) is 2.59. The fourth-order valence-corrected chi connectivity index (χ4v) is 4.05. The Balaban J connectivity index is 1.44. The number of hydrogen-bond donors (Lipinski definition) is 2. The van der Waals surface area contributed by atoms with Gasteiger partial charge >= 0.3 is 0 Å². The molecule has 17 heavy (non-hydrogen) atoms. The molecule has 3 nitrogen and oxygen atoms in total. The molecule has 4 atom stereocenters. The molecule has 3 rings (SSSR count). The number of carbonyl (C=O) groups is 1. The third-order valence-electron chi connectivity index (χ3n) is 4.96. The van der Waals surface area contributed by atoms with E-state index < -0.39 is 0 Å². The number of nitrogens with one attached hydrogen (secondary N) is 2. The van der Waals surface area contributed by atoms with Crippen LogP contribution in [0.25, 0.3) is 0 Å². The van der Waals surface area contributed by atoms with Crippen LogP contribution in [0, 0.1) is 17.8 Å². The third kappa shape index (κ3) is 2.65. The molecule has 4 unspecified atom stereocenters. The van der Waals surface area contributed by atoms with Gasteiger partial charge in [0.2, 0.25) is 5.91 Å². The number of rotatable bonds is 3. The van der Waals surface area contributed by atoms with Crippen LogP contribution >= 0.6 is 0 Å². The van der Waals surface area contributed by atoms with Gasteiger partial charge in [0.25, 0.3) is 0 Å². The standard InChI is InChI=1S/C14H24N2O/c17-14(8-11-2-1-5-15-9-11)16-13-7-10-3-4-12(13)6-10/h10-13,15H,1-9H2,(H,16,17). The molecule has 0 aromatic carbocycles. The molecule has 1 saturated heterocycles. The molecule has 2 saturated carbocycles. The van der Waals surface area contributed by atoms with E-state index in [2.05, 4.69) is 10.6 Å². The fraction of sp³-hybridized carbons (Fsp3) is 0.929. The lowest BCUT2D eigenvalue weighted by molar-refractivity contribution is -0.123. The molecule has 1 heterocycles. The van der Waals surface area contributed by atoms with Crippen molar-refractivity contribution in [2.24, 2.45) is 17.8 Å². The number of piperidine rings is 1. The maximum atomic E-state index is 12.0. The largest absolute Gasteiger partial charge is 0.353 e. The highest BCUT2D eigenvalue weighted by Gasteiger charge is 2.40. The van der Waals surface area contributed by atoms with Crippen LogP contribution < -0.4 is 10.6 Å². The van der Waals surface area contributed by atoms with Gasteiger partial charge in [-0.15, -0.1) is 0 Å². The zero-order chi connectivity index (χ0) is 11.7. The molecule has 1 amide bonds. The van der Waals surface area contributed by atoms with Crippen molar-refractivity contribution in [1.82, 2.24) is 10.6 Å². The maximum absolute atomic E-state index is 12.0. The molecular weight excluding hydrogens is 212 g/mol. The number of carbonyl (C=O) groups excluding carboxylic acids is 1. The predicted octanol–water partition coefficient (Wildman–Crippen LogP) is 1.68. The summed E-state index contributed by atoms with van der Waals surface area (Å²) in [4.78, 5) is 12.0. The maximum Gasteiger partial charge on any atom is 0.220 e. The van der Waals surface area contributed by atoms with Gasteiger partial charge in [-0.1, -0.05) is 6.42 Å². The van der Waals surface area contributed by atoms with Crippen molar-refractivity contribution in [3.8, 4) is 0 Å². The van der Waals surface area contributed by atoms with Gasteiger partial charge in [-0.25, -0.2) is 0 Å². The lowest BCUT2D eigenvalue weighted by Crippen LogP contribution is -2.40. The summed E-state index contributed by atoms with van der Waals surface area (Å²) < 4.78 is 0. The molecule has 1 aliphatic heterocycles. The molecule has 0 radical (unpaired) electrons. The molecule has 0 spiro atoms.